The van der Waals surface area contributed by atoms with Crippen LogP contribution in [-0.4, -0.2) is 25.3 Å². The van der Waals surface area contributed by atoms with Crippen LogP contribution in [0.2, 0.25) is 0 Å². The van der Waals surface area contributed by atoms with Crippen LogP contribution < -0.4 is 9.47 Å². The van der Waals surface area contributed by atoms with Crippen LogP contribution in [0.3, 0.4) is 0 Å². The number of benzene rings is 1. The number of Topliss-reactive ketones (excluding diaryl/α,β-unsaturated/α-hetero) is 1. The van der Waals surface area contributed by atoms with Crippen LogP contribution in [0.25, 0.3) is 5.57 Å². The number of fused-ring (bicyclic) bond motifs is 3. The molecule has 2 aliphatic carbocycles. The van der Waals surface area contributed by atoms with Crippen LogP contribution in [0.5, 0.6) is 11.5 Å². The molecule has 0 radical (unpaired) electrons. The van der Waals surface area contributed by atoms with Gasteiger partial charge in [-0.1, -0.05) is 12.7 Å². The van der Waals surface area contributed by atoms with Gasteiger partial charge in [-0.05, 0) is 66.8 Å². The quantitative estimate of drug-likeness (QED) is 0.604. The van der Waals surface area contributed by atoms with Gasteiger partial charge in [-0.15, -0.1) is 0 Å². The van der Waals surface area contributed by atoms with Gasteiger partial charge in [0.1, 0.15) is 12.4 Å². The average Bonchev–Trinajstić information content (AvgIpc) is 2.84. The van der Waals surface area contributed by atoms with Crippen LogP contribution in [0.4, 0.5) is 0 Å². The minimum atomic E-state index is -0.667. The van der Waals surface area contributed by atoms with Crippen molar-refractivity contribution in [3.8, 4) is 11.5 Å². The Kier molecular flexibility index (Phi) is 4.38. The fourth-order valence-electron chi connectivity index (χ4n) is 3.98. The van der Waals surface area contributed by atoms with Crippen molar-refractivity contribution in [1.82, 2.24) is 0 Å². The van der Waals surface area contributed by atoms with Gasteiger partial charge in [0.25, 0.3) is 0 Å². The lowest BCUT2D eigenvalue weighted by Gasteiger charge is -2.28. The summed E-state index contributed by atoms with van der Waals surface area (Å²) in [6, 6.07) is 3.84. The number of methoxy groups -OCH3 is 1. The van der Waals surface area contributed by atoms with Gasteiger partial charge in [-0.3, -0.25) is 9.59 Å². The molecule has 130 valence electrons. The van der Waals surface area contributed by atoms with Crippen molar-refractivity contribution in [1.29, 1.82) is 0 Å². The molecule has 3 rings (SSSR count). The van der Waals surface area contributed by atoms with Crippen molar-refractivity contribution in [2.75, 3.05) is 13.7 Å². The summed E-state index contributed by atoms with van der Waals surface area (Å²) >= 11 is 0. The van der Waals surface area contributed by atoms with E-state index in [2.05, 4.69) is 6.58 Å². The van der Waals surface area contributed by atoms with Crippen LogP contribution >= 0.6 is 0 Å². The highest BCUT2D eigenvalue weighted by Gasteiger charge is 2.44. The topological polar surface area (TPSA) is 52.6 Å². The van der Waals surface area contributed by atoms with E-state index in [1.165, 1.54) is 6.92 Å². The van der Waals surface area contributed by atoms with Crippen molar-refractivity contribution >= 4 is 17.1 Å². The van der Waals surface area contributed by atoms with E-state index in [0.29, 0.717) is 18.1 Å². The molecule has 4 nitrogen and oxygen atoms in total. The zero-order valence-corrected chi connectivity index (χ0v) is 15.0. The zero-order chi connectivity index (χ0) is 18.3. The summed E-state index contributed by atoms with van der Waals surface area (Å²) in [5.74, 6) is 0.0868. The van der Waals surface area contributed by atoms with Gasteiger partial charge in [0.15, 0.2) is 17.3 Å². The summed E-state index contributed by atoms with van der Waals surface area (Å²) in [7, 11) is 1.58. The third-order valence-electron chi connectivity index (χ3n) is 5.01. The van der Waals surface area contributed by atoms with E-state index in [1.54, 1.807) is 19.3 Å². The van der Waals surface area contributed by atoms with E-state index in [9.17, 15) is 9.59 Å². The third kappa shape index (κ3) is 2.62. The number of rotatable bonds is 5. The molecule has 0 spiro atoms. The van der Waals surface area contributed by atoms with E-state index in [-0.39, 0.29) is 17.5 Å². The van der Waals surface area contributed by atoms with Crippen LogP contribution in [0, 0.1) is 5.92 Å². The van der Waals surface area contributed by atoms with Gasteiger partial charge in [0.2, 0.25) is 0 Å². The Morgan fingerprint density at radius 3 is 2.60 bits per heavy atom. The predicted octanol–water partition coefficient (Wildman–Crippen LogP) is 3.86. The molecule has 1 aromatic carbocycles. The first kappa shape index (κ1) is 17.2. The molecule has 4 heteroatoms. The highest BCUT2D eigenvalue weighted by Crippen LogP contribution is 2.53. The first-order chi connectivity index (χ1) is 11.9. The standard InChI is InChI=1S/C21H22O4/c1-6-7-25-18-9-14-12(3)19-11(2)8-16(23)20(13(4)22)21(19)15(14)10-17(18)24-5/h6,8-10,20-21H,1,7H2,2-5H3/t20-,21+/m1/s1. The maximum Gasteiger partial charge on any atom is 0.167 e. The smallest absolute Gasteiger partial charge is 0.167 e. The second-order valence-electron chi connectivity index (χ2n) is 6.52. The van der Waals surface area contributed by atoms with Crippen molar-refractivity contribution in [2.24, 2.45) is 5.92 Å². The van der Waals surface area contributed by atoms with E-state index in [4.69, 9.17) is 9.47 Å². The van der Waals surface area contributed by atoms with E-state index < -0.39 is 5.92 Å². The Bertz CT molecular complexity index is 842. The Morgan fingerprint density at radius 1 is 1.28 bits per heavy atom. The minimum absolute atomic E-state index is 0.108. The van der Waals surface area contributed by atoms with E-state index in [0.717, 1.165) is 27.8 Å². The summed E-state index contributed by atoms with van der Waals surface area (Å²) in [4.78, 5) is 24.7. The van der Waals surface area contributed by atoms with Gasteiger partial charge in [0, 0.05) is 5.92 Å². The van der Waals surface area contributed by atoms with Gasteiger partial charge in [-0.2, -0.15) is 0 Å². The fourth-order valence-corrected chi connectivity index (χ4v) is 3.98. The van der Waals surface area contributed by atoms with E-state index >= 15 is 0 Å². The molecular formula is C21H22O4. The van der Waals surface area contributed by atoms with Crippen LogP contribution in [0.1, 0.15) is 37.8 Å². The molecule has 0 fully saturated rings. The summed E-state index contributed by atoms with van der Waals surface area (Å²) < 4.78 is 11.2. The fraction of sp³-hybridized carbons (Fsp3) is 0.333. The second-order valence-corrected chi connectivity index (χ2v) is 6.52. The number of ketones is 2. The molecule has 0 aliphatic heterocycles. The van der Waals surface area contributed by atoms with Crippen molar-refractivity contribution in [2.45, 2.75) is 26.7 Å². The van der Waals surface area contributed by atoms with Crippen molar-refractivity contribution in [3.63, 3.8) is 0 Å². The van der Waals surface area contributed by atoms with Gasteiger partial charge >= 0.3 is 0 Å². The summed E-state index contributed by atoms with van der Waals surface area (Å²) in [5, 5.41) is 0. The normalized spacial score (nSPS) is 21.4. The number of ether oxygens (including phenoxy) is 2. The van der Waals surface area contributed by atoms with Gasteiger partial charge in [-0.25, -0.2) is 0 Å². The monoisotopic (exact) mass is 338 g/mol. The van der Waals surface area contributed by atoms with E-state index in [1.807, 2.05) is 26.0 Å². The molecule has 0 bridgehead atoms. The molecule has 0 heterocycles. The molecule has 0 unspecified atom stereocenters. The average molecular weight is 338 g/mol. The zero-order valence-electron chi connectivity index (χ0n) is 15.0. The number of hydrogen-bond acceptors (Lipinski definition) is 4. The Hall–Kier alpha value is -2.62. The van der Waals surface area contributed by atoms with Crippen LogP contribution in [-0.2, 0) is 9.59 Å². The molecular weight excluding hydrogens is 316 g/mol. The Morgan fingerprint density at radius 2 is 2.00 bits per heavy atom. The second kappa shape index (κ2) is 6.36. The number of carbonyl (C=O) groups is 2. The lowest BCUT2D eigenvalue weighted by molar-refractivity contribution is -0.129. The molecule has 2 aliphatic rings. The van der Waals surface area contributed by atoms with Crippen molar-refractivity contribution < 1.29 is 19.1 Å². The molecule has 0 amide bonds. The summed E-state index contributed by atoms with van der Waals surface area (Å²) in [5.41, 5.74) is 5.04. The first-order valence-electron chi connectivity index (χ1n) is 8.30. The van der Waals surface area contributed by atoms with Gasteiger partial charge in [0.05, 0.1) is 13.0 Å². The van der Waals surface area contributed by atoms with Gasteiger partial charge < -0.3 is 9.47 Å². The number of allylic oxidation sites excluding steroid dienone is 4. The lowest BCUT2D eigenvalue weighted by atomic mass is 9.72. The molecule has 25 heavy (non-hydrogen) atoms. The molecule has 0 saturated carbocycles. The first-order valence-corrected chi connectivity index (χ1v) is 8.30. The minimum Gasteiger partial charge on any atom is -0.493 e. The largest absolute Gasteiger partial charge is 0.493 e. The molecule has 0 N–H and O–H groups in total. The number of carbonyl (C=O) groups excluding carboxylic acids is 2. The SMILES string of the molecule is C=CCOc1cc2c(cc1OC)[C@H]1C(=C2C)C(C)=CC(=O)[C@H]1C(C)=O. The third-order valence-corrected chi connectivity index (χ3v) is 5.01. The summed E-state index contributed by atoms with van der Waals surface area (Å²) in [6.07, 6.45) is 3.27. The molecule has 0 saturated heterocycles. The predicted molar refractivity (Wildman–Crippen MR) is 97.0 cm³/mol. The highest BCUT2D eigenvalue weighted by atomic mass is 16.5. The molecule has 0 aromatic heterocycles. The maximum absolute atomic E-state index is 12.5. The summed E-state index contributed by atoms with van der Waals surface area (Å²) in [6.45, 7) is 9.49. The van der Waals surface area contributed by atoms with Crippen LogP contribution in [0.15, 0.2) is 42.0 Å². The number of hydrogen-bond donors (Lipinski definition) is 0. The molecule has 2 atom stereocenters. The maximum atomic E-state index is 12.5. The highest BCUT2D eigenvalue weighted by molar-refractivity contribution is 6.11. The lowest BCUT2D eigenvalue weighted by Crippen LogP contribution is -2.31. The van der Waals surface area contributed by atoms with Crippen molar-refractivity contribution in [3.05, 3.63) is 53.1 Å². The Balaban J connectivity index is 2.21. The Labute approximate surface area is 147 Å². The molecule has 1 aromatic rings.